The van der Waals surface area contributed by atoms with E-state index in [-0.39, 0.29) is 18.5 Å². The highest BCUT2D eigenvalue weighted by Crippen LogP contribution is 2.20. The molecule has 1 unspecified atom stereocenters. The van der Waals surface area contributed by atoms with Gasteiger partial charge in [-0.1, -0.05) is 48.5 Å². The molecule has 0 spiro atoms. The third kappa shape index (κ3) is 6.54. The minimum absolute atomic E-state index is 0.0893. The number of amides is 2. The van der Waals surface area contributed by atoms with E-state index in [1.807, 2.05) is 44.2 Å². The first-order valence-corrected chi connectivity index (χ1v) is 11.8. The van der Waals surface area contributed by atoms with Crippen LogP contribution in [0.15, 0.2) is 60.7 Å². The Morgan fingerprint density at radius 3 is 1.94 bits per heavy atom. The first-order valence-electron chi connectivity index (χ1n) is 10.4. The number of rotatable bonds is 10. The Balaban J connectivity index is 2.40. The number of nitrogens with one attached hydrogen (secondary N) is 1. The van der Waals surface area contributed by atoms with E-state index >= 15 is 0 Å². The third-order valence-electron chi connectivity index (χ3n) is 4.86. The molecule has 0 heterocycles. The summed E-state index contributed by atoms with van der Waals surface area (Å²) in [4.78, 5) is 27.6. The highest BCUT2D eigenvalue weighted by Gasteiger charge is 2.32. The van der Waals surface area contributed by atoms with Crippen LogP contribution in [0.4, 0.5) is 5.69 Å². The Morgan fingerprint density at radius 1 is 0.906 bits per heavy atom. The van der Waals surface area contributed by atoms with Gasteiger partial charge >= 0.3 is 10.2 Å². The van der Waals surface area contributed by atoms with Crippen LogP contribution in [0.25, 0.3) is 0 Å². The average molecular weight is 461 g/mol. The maximum absolute atomic E-state index is 13.5. The van der Waals surface area contributed by atoms with Gasteiger partial charge in [0.05, 0.1) is 5.69 Å². The number of benzene rings is 2. The van der Waals surface area contributed by atoms with E-state index in [0.29, 0.717) is 5.69 Å². The Labute approximate surface area is 191 Å². The Bertz CT molecular complexity index is 995. The Hall–Kier alpha value is -2.91. The van der Waals surface area contributed by atoms with Crippen LogP contribution in [-0.2, 0) is 26.3 Å². The maximum atomic E-state index is 13.5. The zero-order chi connectivity index (χ0) is 23.9. The minimum atomic E-state index is -3.94. The summed E-state index contributed by atoms with van der Waals surface area (Å²) in [6, 6.07) is 16.9. The summed E-state index contributed by atoms with van der Waals surface area (Å²) in [6.07, 6.45) is 0. The zero-order valence-electron chi connectivity index (χ0n) is 19.2. The second-order valence-corrected chi connectivity index (χ2v) is 10.0. The average Bonchev–Trinajstić information content (AvgIpc) is 2.75. The standard InChI is InChI=1S/C23H32N4O4S/c1-18(2)24-23(29)19(3)26(16-20-12-8-6-9-13-20)22(28)17-27(32(30,31)25(4)5)21-14-10-7-11-15-21/h6-15,18-19H,16-17H2,1-5H3,(H,24,29). The van der Waals surface area contributed by atoms with Gasteiger partial charge in [-0.05, 0) is 38.5 Å². The van der Waals surface area contributed by atoms with Crippen molar-refractivity contribution in [1.29, 1.82) is 0 Å². The second kappa shape index (κ2) is 11.1. The number of para-hydroxylation sites is 1. The van der Waals surface area contributed by atoms with Crippen molar-refractivity contribution >= 4 is 27.7 Å². The molecule has 1 atom stereocenters. The number of carbonyl (C=O) groups is 2. The van der Waals surface area contributed by atoms with Crippen molar-refractivity contribution in [3.8, 4) is 0 Å². The number of anilines is 1. The lowest BCUT2D eigenvalue weighted by Crippen LogP contribution is -2.53. The summed E-state index contributed by atoms with van der Waals surface area (Å²) in [5.74, 6) is -0.777. The van der Waals surface area contributed by atoms with Crippen LogP contribution in [0.1, 0.15) is 26.3 Å². The fourth-order valence-corrected chi connectivity index (χ4v) is 4.13. The van der Waals surface area contributed by atoms with Gasteiger partial charge in [-0.25, -0.2) is 4.31 Å². The molecule has 0 saturated heterocycles. The SMILES string of the molecule is CC(C)NC(=O)C(C)N(Cc1ccccc1)C(=O)CN(c1ccccc1)S(=O)(=O)N(C)C. The van der Waals surface area contributed by atoms with Crippen LogP contribution in [0, 0.1) is 0 Å². The van der Waals surface area contributed by atoms with Crippen LogP contribution >= 0.6 is 0 Å². The lowest BCUT2D eigenvalue weighted by atomic mass is 10.1. The smallest absolute Gasteiger partial charge is 0.304 e. The largest absolute Gasteiger partial charge is 0.352 e. The highest BCUT2D eigenvalue weighted by atomic mass is 32.2. The minimum Gasteiger partial charge on any atom is -0.352 e. The molecule has 32 heavy (non-hydrogen) atoms. The van der Waals surface area contributed by atoms with Crippen molar-refractivity contribution in [2.45, 2.75) is 39.4 Å². The van der Waals surface area contributed by atoms with Gasteiger partial charge < -0.3 is 10.2 Å². The van der Waals surface area contributed by atoms with Gasteiger partial charge in [0.25, 0.3) is 0 Å². The molecule has 2 aromatic rings. The quantitative estimate of drug-likeness (QED) is 0.589. The van der Waals surface area contributed by atoms with Crippen molar-refractivity contribution in [1.82, 2.24) is 14.5 Å². The molecule has 1 N–H and O–H groups in total. The number of hydrogen-bond donors (Lipinski definition) is 1. The molecule has 0 saturated carbocycles. The van der Waals surface area contributed by atoms with Gasteiger partial charge in [-0.2, -0.15) is 12.7 Å². The summed E-state index contributed by atoms with van der Waals surface area (Å²) in [6.45, 7) is 5.07. The fraction of sp³-hybridized carbons (Fsp3) is 0.391. The Kier molecular flexibility index (Phi) is 8.80. The molecule has 174 valence electrons. The molecule has 0 radical (unpaired) electrons. The summed E-state index contributed by atoms with van der Waals surface area (Å²) in [7, 11) is -1.11. The van der Waals surface area contributed by atoms with Gasteiger partial charge in [0.1, 0.15) is 12.6 Å². The monoisotopic (exact) mass is 460 g/mol. The summed E-state index contributed by atoms with van der Waals surface area (Å²) >= 11 is 0. The van der Waals surface area contributed by atoms with Crippen molar-refractivity contribution in [3.05, 3.63) is 66.2 Å². The highest BCUT2D eigenvalue weighted by molar-refractivity contribution is 7.90. The molecule has 8 nitrogen and oxygen atoms in total. The van der Waals surface area contributed by atoms with E-state index in [1.54, 1.807) is 37.3 Å². The summed E-state index contributed by atoms with van der Waals surface area (Å²) in [5, 5.41) is 2.82. The number of carbonyl (C=O) groups excluding carboxylic acids is 2. The first kappa shape index (κ1) is 25.4. The number of hydrogen-bond acceptors (Lipinski definition) is 4. The molecule has 2 rings (SSSR count). The third-order valence-corrected chi connectivity index (χ3v) is 6.68. The van der Waals surface area contributed by atoms with E-state index in [9.17, 15) is 18.0 Å². The van der Waals surface area contributed by atoms with Crippen LogP contribution in [0.2, 0.25) is 0 Å². The molecule has 0 aliphatic rings. The van der Waals surface area contributed by atoms with E-state index in [0.717, 1.165) is 14.2 Å². The predicted molar refractivity (Wildman–Crippen MR) is 126 cm³/mol. The molecule has 0 aliphatic carbocycles. The lowest BCUT2D eigenvalue weighted by molar-refractivity contribution is -0.139. The van der Waals surface area contributed by atoms with E-state index in [4.69, 9.17) is 0 Å². The lowest BCUT2D eigenvalue weighted by Gasteiger charge is -2.33. The molecule has 0 aliphatic heterocycles. The number of nitrogens with zero attached hydrogens (tertiary/aromatic N) is 3. The second-order valence-electron chi connectivity index (χ2n) is 7.98. The van der Waals surface area contributed by atoms with Gasteiger partial charge in [-0.15, -0.1) is 0 Å². The normalized spacial score (nSPS) is 12.5. The molecule has 2 aromatic carbocycles. The van der Waals surface area contributed by atoms with Crippen molar-refractivity contribution < 1.29 is 18.0 Å². The molecule has 0 aromatic heterocycles. The molecule has 0 bridgehead atoms. The molecular weight excluding hydrogens is 428 g/mol. The van der Waals surface area contributed by atoms with Crippen molar-refractivity contribution in [2.24, 2.45) is 0 Å². The maximum Gasteiger partial charge on any atom is 0.304 e. The summed E-state index contributed by atoms with van der Waals surface area (Å²) < 4.78 is 28.1. The van der Waals surface area contributed by atoms with Gasteiger partial charge in [0.2, 0.25) is 11.8 Å². The van der Waals surface area contributed by atoms with Gasteiger partial charge in [0, 0.05) is 26.7 Å². The molecule has 0 fully saturated rings. The van der Waals surface area contributed by atoms with Crippen LogP contribution in [-0.4, -0.2) is 62.2 Å². The van der Waals surface area contributed by atoms with Crippen LogP contribution < -0.4 is 9.62 Å². The van der Waals surface area contributed by atoms with E-state index < -0.39 is 28.7 Å². The van der Waals surface area contributed by atoms with Crippen molar-refractivity contribution in [3.63, 3.8) is 0 Å². The zero-order valence-corrected chi connectivity index (χ0v) is 20.0. The van der Waals surface area contributed by atoms with Gasteiger partial charge in [0.15, 0.2) is 0 Å². The van der Waals surface area contributed by atoms with Gasteiger partial charge in [-0.3, -0.25) is 9.59 Å². The predicted octanol–water partition coefficient (Wildman–Crippen LogP) is 2.24. The molecule has 2 amide bonds. The Morgan fingerprint density at radius 2 is 1.44 bits per heavy atom. The van der Waals surface area contributed by atoms with E-state index in [1.165, 1.54) is 19.0 Å². The summed E-state index contributed by atoms with van der Waals surface area (Å²) in [5.41, 5.74) is 1.21. The van der Waals surface area contributed by atoms with Crippen molar-refractivity contribution in [2.75, 3.05) is 24.9 Å². The van der Waals surface area contributed by atoms with Crippen LogP contribution in [0.5, 0.6) is 0 Å². The topological polar surface area (TPSA) is 90.0 Å². The van der Waals surface area contributed by atoms with E-state index in [2.05, 4.69) is 5.32 Å². The van der Waals surface area contributed by atoms with Crippen LogP contribution in [0.3, 0.4) is 0 Å². The first-order chi connectivity index (χ1) is 15.0. The fourth-order valence-electron chi connectivity index (χ4n) is 3.08. The molecule has 9 heteroatoms. The molecular formula is C23H32N4O4S.